The summed E-state index contributed by atoms with van der Waals surface area (Å²) in [4.78, 5) is 12.1. The van der Waals surface area contributed by atoms with E-state index < -0.39 is 5.91 Å². The summed E-state index contributed by atoms with van der Waals surface area (Å²) in [7, 11) is 0. The summed E-state index contributed by atoms with van der Waals surface area (Å²) < 4.78 is 5.55. The number of hydrogen-bond donors (Lipinski definition) is 3. The Morgan fingerprint density at radius 1 is 0.968 bits per heavy atom. The topological polar surface area (TPSA) is 91.2 Å². The quantitative estimate of drug-likeness (QED) is 0.393. The van der Waals surface area contributed by atoms with E-state index in [9.17, 15) is 15.0 Å². The molecule has 0 bridgehead atoms. The van der Waals surface area contributed by atoms with Crippen LogP contribution in [0.1, 0.15) is 37.5 Å². The van der Waals surface area contributed by atoms with E-state index in [4.69, 9.17) is 4.74 Å². The zero-order valence-electron chi connectivity index (χ0n) is 17.8. The average Bonchev–Trinajstić information content (AvgIpc) is 2.77. The Balaban J connectivity index is 1.57. The number of nitrogens with zero attached hydrogens (tertiary/aromatic N) is 1. The first-order chi connectivity index (χ1) is 14.8. The molecular weight excluding hydrogens is 392 g/mol. The third kappa shape index (κ3) is 5.42. The van der Waals surface area contributed by atoms with Crippen molar-refractivity contribution in [2.24, 2.45) is 5.10 Å². The van der Waals surface area contributed by atoms with Crippen molar-refractivity contribution in [3.63, 3.8) is 0 Å². The van der Waals surface area contributed by atoms with Gasteiger partial charge in [-0.1, -0.05) is 56.3 Å². The molecule has 0 aromatic heterocycles. The Labute approximate surface area is 181 Å². The molecule has 160 valence electrons. The molecule has 0 radical (unpaired) electrons. The van der Waals surface area contributed by atoms with Crippen molar-refractivity contribution in [3.05, 3.63) is 89.5 Å². The summed E-state index contributed by atoms with van der Waals surface area (Å²) in [5.74, 6) is -0.0131. The maximum atomic E-state index is 12.1. The van der Waals surface area contributed by atoms with Crippen molar-refractivity contribution in [1.82, 2.24) is 5.43 Å². The average molecular weight is 418 g/mol. The molecule has 0 atom stereocenters. The molecule has 1 amide bonds. The second-order valence-electron chi connectivity index (χ2n) is 7.74. The molecule has 3 rings (SSSR count). The van der Waals surface area contributed by atoms with Crippen molar-refractivity contribution in [3.8, 4) is 17.2 Å². The lowest BCUT2D eigenvalue weighted by molar-refractivity contribution is -0.123. The highest BCUT2D eigenvalue weighted by atomic mass is 16.5. The molecule has 0 saturated heterocycles. The fourth-order valence-electron chi connectivity index (χ4n) is 3.20. The van der Waals surface area contributed by atoms with Gasteiger partial charge in [0.05, 0.1) is 5.71 Å². The highest BCUT2D eigenvalue weighted by Crippen LogP contribution is 2.32. The molecule has 0 aliphatic carbocycles. The van der Waals surface area contributed by atoms with Gasteiger partial charge in [0.25, 0.3) is 5.91 Å². The maximum Gasteiger partial charge on any atom is 0.277 e. The van der Waals surface area contributed by atoms with E-state index in [1.165, 1.54) is 23.8 Å². The largest absolute Gasteiger partial charge is 0.508 e. The normalized spacial score (nSPS) is 11.8. The number of phenolic OH excluding ortho intramolecular Hbond substituents is 2. The number of ether oxygens (including phenoxy) is 1. The van der Waals surface area contributed by atoms with Gasteiger partial charge in [0.1, 0.15) is 17.2 Å². The second kappa shape index (κ2) is 9.34. The minimum atomic E-state index is -0.425. The summed E-state index contributed by atoms with van der Waals surface area (Å²) in [6.07, 6.45) is 0. The van der Waals surface area contributed by atoms with Crippen LogP contribution in [0.3, 0.4) is 0 Å². The van der Waals surface area contributed by atoms with E-state index in [0.29, 0.717) is 17.0 Å². The molecule has 0 aliphatic heterocycles. The first-order valence-electron chi connectivity index (χ1n) is 9.91. The minimum absolute atomic E-state index is 0.0512. The van der Waals surface area contributed by atoms with Crippen LogP contribution in [0.5, 0.6) is 17.2 Å². The van der Waals surface area contributed by atoms with Crippen LogP contribution in [-0.4, -0.2) is 28.4 Å². The molecule has 3 N–H and O–H groups in total. The van der Waals surface area contributed by atoms with E-state index in [1.807, 2.05) is 42.5 Å². The third-order valence-electron chi connectivity index (χ3n) is 5.16. The van der Waals surface area contributed by atoms with E-state index in [1.54, 1.807) is 6.92 Å². The highest BCUT2D eigenvalue weighted by molar-refractivity contribution is 6.01. The van der Waals surface area contributed by atoms with Gasteiger partial charge in [-0.2, -0.15) is 5.10 Å². The Morgan fingerprint density at radius 3 is 2.26 bits per heavy atom. The van der Waals surface area contributed by atoms with Gasteiger partial charge >= 0.3 is 0 Å². The van der Waals surface area contributed by atoms with Crippen molar-refractivity contribution in [2.75, 3.05) is 6.61 Å². The fourth-order valence-corrected chi connectivity index (χ4v) is 3.20. The number of phenols is 2. The Kier molecular flexibility index (Phi) is 6.60. The van der Waals surface area contributed by atoms with Gasteiger partial charge in [0.2, 0.25) is 0 Å². The van der Waals surface area contributed by atoms with Crippen molar-refractivity contribution in [1.29, 1.82) is 0 Å². The lowest BCUT2D eigenvalue weighted by Crippen LogP contribution is -2.25. The maximum absolute atomic E-state index is 12.1. The number of carbonyl (C=O) groups excluding carboxylic acids is 1. The summed E-state index contributed by atoms with van der Waals surface area (Å²) in [5.41, 5.74) is 5.43. The summed E-state index contributed by atoms with van der Waals surface area (Å²) >= 11 is 0. The summed E-state index contributed by atoms with van der Waals surface area (Å²) in [6.45, 7) is 5.77. The SMILES string of the molecule is C/C(=N\NC(=O)COc1ccc(C(C)(C)c2ccccc2)cc1)c1ccc(O)cc1O. The number of hydrogen-bond acceptors (Lipinski definition) is 5. The van der Waals surface area contributed by atoms with Gasteiger partial charge in [-0.3, -0.25) is 4.79 Å². The third-order valence-corrected chi connectivity index (χ3v) is 5.16. The predicted molar refractivity (Wildman–Crippen MR) is 121 cm³/mol. The van der Waals surface area contributed by atoms with Gasteiger partial charge in [-0.05, 0) is 42.3 Å². The molecule has 31 heavy (non-hydrogen) atoms. The van der Waals surface area contributed by atoms with Crippen molar-refractivity contribution >= 4 is 11.6 Å². The van der Waals surface area contributed by atoms with Crippen LogP contribution in [0.2, 0.25) is 0 Å². The molecular formula is C25H26N2O4. The first kappa shape index (κ1) is 21.9. The lowest BCUT2D eigenvalue weighted by Gasteiger charge is -2.26. The van der Waals surface area contributed by atoms with Crippen LogP contribution in [-0.2, 0) is 10.2 Å². The van der Waals surface area contributed by atoms with Gasteiger partial charge in [0.15, 0.2) is 6.61 Å². The predicted octanol–water partition coefficient (Wildman–Crippen LogP) is 4.34. The Hall–Kier alpha value is -3.80. The highest BCUT2D eigenvalue weighted by Gasteiger charge is 2.22. The molecule has 6 heteroatoms. The number of hydrazone groups is 1. The van der Waals surface area contributed by atoms with E-state index >= 15 is 0 Å². The molecule has 0 aliphatic rings. The molecule has 3 aromatic rings. The van der Waals surface area contributed by atoms with Crippen molar-refractivity contribution < 1.29 is 19.7 Å². The Morgan fingerprint density at radius 2 is 1.61 bits per heavy atom. The number of benzene rings is 3. The molecule has 0 fully saturated rings. The zero-order valence-corrected chi connectivity index (χ0v) is 17.8. The zero-order chi connectivity index (χ0) is 22.4. The molecule has 0 unspecified atom stereocenters. The Bertz CT molecular complexity index is 1070. The van der Waals surface area contributed by atoms with Gasteiger partial charge in [-0.15, -0.1) is 0 Å². The molecule has 0 saturated carbocycles. The number of amides is 1. The van der Waals surface area contributed by atoms with Crippen LogP contribution in [0.4, 0.5) is 0 Å². The monoisotopic (exact) mass is 418 g/mol. The smallest absolute Gasteiger partial charge is 0.277 e. The van der Waals surface area contributed by atoms with Gasteiger partial charge < -0.3 is 14.9 Å². The number of carbonyl (C=O) groups is 1. The van der Waals surface area contributed by atoms with Crippen LogP contribution >= 0.6 is 0 Å². The van der Waals surface area contributed by atoms with E-state index in [0.717, 1.165) is 5.56 Å². The number of aromatic hydroxyl groups is 2. The van der Waals surface area contributed by atoms with Crippen molar-refractivity contribution in [2.45, 2.75) is 26.2 Å². The van der Waals surface area contributed by atoms with Crippen LogP contribution < -0.4 is 10.2 Å². The molecule has 0 spiro atoms. The first-order valence-corrected chi connectivity index (χ1v) is 9.91. The van der Waals surface area contributed by atoms with Crippen LogP contribution in [0, 0.1) is 0 Å². The standard InChI is InChI=1S/C25H26N2O4/c1-17(22-14-11-20(28)15-23(22)29)26-27-24(30)16-31-21-12-9-19(10-13-21)25(2,3)18-7-5-4-6-8-18/h4-15,28-29H,16H2,1-3H3,(H,27,30)/b26-17+. The summed E-state index contributed by atoms with van der Waals surface area (Å²) in [5, 5.41) is 23.2. The van der Waals surface area contributed by atoms with E-state index in [-0.39, 0.29) is 23.5 Å². The number of nitrogens with one attached hydrogen (secondary N) is 1. The molecule has 0 heterocycles. The van der Waals surface area contributed by atoms with Gasteiger partial charge in [0, 0.05) is 17.0 Å². The fraction of sp³-hybridized carbons (Fsp3) is 0.200. The molecule has 3 aromatic carbocycles. The van der Waals surface area contributed by atoms with Crippen LogP contribution in [0.15, 0.2) is 77.9 Å². The van der Waals surface area contributed by atoms with Crippen LogP contribution in [0.25, 0.3) is 0 Å². The number of rotatable bonds is 7. The molecule has 6 nitrogen and oxygen atoms in total. The minimum Gasteiger partial charge on any atom is -0.508 e. The van der Waals surface area contributed by atoms with E-state index in [2.05, 4.69) is 36.5 Å². The second-order valence-corrected chi connectivity index (χ2v) is 7.74. The van der Waals surface area contributed by atoms with Gasteiger partial charge in [-0.25, -0.2) is 5.43 Å². The summed E-state index contributed by atoms with van der Waals surface area (Å²) in [6, 6.07) is 22.1. The lowest BCUT2D eigenvalue weighted by atomic mass is 9.78.